The number of alkyl halides is 3. The van der Waals surface area contributed by atoms with Crippen LogP contribution >= 0.6 is 0 Å². The molecule has 1 aromatic carbocycles. The zero-order chi connectivity index (χ0) is 16.7. The van der Waals surface area contributed by atoms with Crippen molar-refractivity contribution in [2.45, 2.75) is 32.0 Å². The second kappa shape index (κ2) is 5.82. The second-order valence-electron chi connectivity index (χ2n) is 6.72. The summed E-state index contributed by atoms with van der Waals surface area (Å²) in [6.07, 6.45) is -1.55. The average molecular weight is 326 g/mol. The van der Waals surface area contributed by atoms with Gasteiger partial charge in [0, 0.05) is 19.5 Å². The maximum absolute atomic E-state index is 13.0. The van der Waals surface area contributed by atoms with Crippen LogP contribution in [0.4, 0.5) is 13.2 Å². The molecule has 0 bridgehead atoms. The van der Waals surface area contributed by atoms with E-state index in [4.69, 9.17) is 0 Å². The van der Waals surface area contributed by atoms with Crippen molar-refractivity contribution in [2.75, 3.05) is 20.1 Å². The lowest BCUT2D eigenvalue weighted by molar-refractivity contribution is -0.140. The van der Waals surface area contributed by atoms with Crippen LogP contribution < -0.4 is 5.32 Å². The molecular formula is C17H21F3N2O. The molecule has 1 N–H and O–H groups in total. The van der Waals surface area contributed by atoms with Gasteiger partial charge in [0.15, 0.2) is 0 Å². The first-order valence-electron chi connectivity index (χ1n) is 7.94. The normalized spacial score (nSPS) is 22.9. The average Bonchev–Trinajstić information content (AvgIpc) is 3.19. The Morgan fingerprint density at radius 3 is 2.61 bits per heavy atom. The molecule has 23 heavy (non-hydrogen) atoms. The van der Waals surface area contributed by atoms with Crippen molar-refractivity contribution in [3.05, 3.63) is 35.4 Å². The van der Waals surface area contributed by atoms with Crippen molar-refractivity contribution in [3.63, 3.8) is 0 Å². The predicted octanol–water partition coefficient (Wildman–Crippen LogP) is 3.05. The molecule has 0 aromatic heterocycles. The minimum absolute atomic E-state index is 0.000648. The lowest BCUT2D eigenvalue weighted by Crippen LogP contribution is -2.34. The number of halogens is 3. The Labute approximate surface area is 133 Å². The highest BCUT2D eigenvalue weighted by molar-refractivity contribution is 5.82. The van der Waals surface area contributed by atoms with Crippen molar-refractivity contribution in [1.29, 1.82) is 0 Å². The molecule has 1 unspecified atom stereocenters. The molecule has 1 saturated heterocycles. The van der Waals surface area contributed by atoms with E-state index in [9.17, 15) is 18.0 Å². The van der Waals surface area contributed by atoms with E-state index in [-0.39, 0.29) is 29.3 Å². The van der Waals surface area contributed by atoms with Crippen LogP contribution in [0.15, 0.2) is 24.3 Å². The smallest absolute Gasteiger partial charge is 0.341 e. The second-order valence-corrected chi connectivity index (χ2v) is 6.72. The largest absolute Gasteiger partial charge is 0.416 e. The van der Waals surface area contributed by atoms with Gasteiger partial charge in [-0.2, -0.15) is 13.2 Å². The van der Waals surface area contributed by atoms with Gasteiger partial charge in [-0.05, 0) is 49.4 Å². The molecule has 1 spiro atoms. The van der Waals surface area contributed by atoms with Crippen LogP contribution in [-0.4, -0.2) is 30.9 Å². The Bertz CT molecular complexity index is 594. The number of rotatable bonds is 3. The third-order valence-electron chi connectivity index (χ3n) is 5.19. The molecule has 2 aliphatic rings. The molecule has 1 saturated carbocycles. The number of nitrogens with zero attached hydrogens (tertiary/aromatic N) is 1. The van der Waals surface area contributed by atoms with Gasteiger partial charge in [-0.15, -0.1) is 0 Å². The zero-order valence-electron chi connectivity index (χ0n) is 13.1. The Hall–Kier alpha value is -1.56. The van der Waals surface area contributed by atoms with E-state index in [1.807, 2.05) is 0 Å². The summed E-state index contributed by atoms with van der Waals surface area (Å²) in [5.41, 5.74) is -0.414. The van der Waals surface area contributed by atoms with Gasteiger partial charge < -0.3 is 10.2 Å². The number of nitrogens with one attached hydrogen (secondary N) is 1. The summed E-state index contributed by atoms with van der Waals surface area (Å²) in [4.78, 5) is 14.0. The van der Waals surface area contributed by atoms with Gasteiger partial charge in [0.2, 0.25) is 5.91 Å². The van der Waals surface area contributed by atoms with E-state index in [0.29, 0.717) is 0 Å². The summed E-state index contributed by atoms with van der Waals surface area (Å²) in [5, 5.41) is 3.28. The van der Waals surface area contributed by atoms with Crippen LogP contribution in [0.2, 0.25) is 0 Å². The predicted molar refractivity (Wildman–Crippen MR) is 80.6 cm³/mol. The van der Waals surface area contributed by atoms with Crippen LogP contribution in [-0.2, 0) is 17.5 Å². The Morgan fingerprint density at radius 2 is 1.96 bits per heavy atom. The van der Waals surface area contributed by atoms with E-state index in [1.54, 1.807) is 13.1 Å². The first kappa shape index (κ1) is 16.3. The van der Waals surface area contributed by atoms with E-state index in [2.05, 4.69) is 5.32 Å². The van der Waals surface area contributed by atoms with Crippen LogP contribution in [0.5, 0.6) is 0 Å². The molecule has 0 radical (unpaired) electrons. The first-order chi connectivity index (χ1) is 10.8. The molecule has 1 amide bonds. The van der Waals surface area contributed by atoms with Gasteiger partial charge in [0.25, 0.3) is 0 Å². The number of carbonyl (C=O) groups is 1. The highest BCUT2D eigenvalue weighted by Gasteiger charge is 2.58. The van der Waals surface area contributed by atoms with Crippen LogP contribution in [0, 0.1) is 11.3 Å². The molecule has 1 atom stereocenters. The SMILES string of the molecule is CN(Cc1ccccc1C(F)(F)F)C(=O)C1CC12CCNCC2. The molecule has 6 heteroatoms. The van der Waals surface area contributed by atoms with Crippen LogP contribution in [0.3, 0.4) is 0 Å². The van der Waals surface area contributed by atoms with Crippen molar-refractivity contribution >= 4 is 5.91 Å². The molecule has 2 fully saturated rings. The topological polar surface area (TPSA) is 32.3 Å². The quantitative estimate of drug-likeness (QED) is 0.926. The Kier molecular flexibility index (Phi) is 4.12. The van der Waals surface area contributed by atoms with Gasteiger partial charge in [0.05, 0.1) is 5.56 Å². The summed E-state index contributed by atoms with van der Waals surface area (Å²) in [6, 6.07) is 5.46. The fraction of sp³-hybridized carbons (Fsp3) is 0.588. The van der Waals surface area contributed by atoms with Crippen LogP contribution in [0.25, 0.3) is 0 Å². The molecule has 1 aliphatic carbocycles. The molecule has 1 aromatic rings. The standard InChI is InChI=1S/C17H21F3N2O/c1-22(11-12-4-2-3-5-13(12)17(18,19)20)15(23)14-10-16(14)6-8-21-9-7-16/h2-5,14,21H,6-11H2,1H3. The van der Waals surface area contributed by atoms with E-state index < -0.39 is 11.7 Å². The number of hydrogen-bond acceptors (Lipinski definition) is 2. The van der Waals surface area contributed by atoms with Crippen molar-refractivity contribution in [2.24, 2.45) is 11.3 Å². The Morgan fingerprint density at radius 1 is 1.30 bits per heavy atom. The summed E-state index contributed by atoms with van der Waals surface area (Å²) >= 11 is 0. The molecular weight excluding hydrogens is 305 g/mol. The molecule has 3 rings (SSSR count). The number of carbonyl (C=O) groups excluding carboxylic acids is 1. The van der Waals surface area contributed by atoms with Gasteiger partial charge in [0.1, 0.15) is 0 Å². The maximum atomic E-state index is 13.0. The first-order valence-corrected chi connectivity index (χ1v) is 7.94. The third-order valence-corrected chi connectivity index (χ3v) is 5.19. The van der Waals surface area contributed by atoms with Gasteiger partial charge in [-0.3, -0.25) is 4.79 Å². The summed E-state index contributed by atoms with van der Waals surface area (Å²) in [7, 11) is 1.60. The lowest BCUT2D eigenvalue weighted by atomic mass is 9.91. The maximum Gasteiger partial charge on any atom is 0.416 e. The summed E-state index contributed by atoms with van der Waals surface area (Å²) in [5.74, 6) is -0.0449. The molecule has 3 nitrogen and oxygen atoms in total. The minimum Gasteiger partial charge on any atom is -0.341 e. The monoisotopic (exact) mass is 326 g/mol. The highest BCUT2D eigenvalue weighted by atomic mass is 19.4. The van der Waals surface area contributed by atoms with Gasteiger partial charge >= 0.3 is 6.18 Å². The van der Waals surface area contributed by atoms with Crippen molar-refractivity contribution in [3.8, 4) is 0 Å². The minimum atomic E-state index is -4.39. The highest BCUT2D eigenvalue weighted by Crippen LogP contribution is 2.59. The number of piperidine rings is 1. The summed E-state index contributed by atoms with van der Waals surface area (Å²) < 4.78 is 39.1. The molecule has 1 aliphatic heterocycles. The summed E-state index contributed by atoms with van der Waals surface area (Å²) in [6.45, 7) is 1.84. The molecule has 126 valence electrons. The fourth-order valence-electron chi connectivity index (χ4n) is 3.71. The van der Waals surface area contributed by atoms with E-state index in [0.717, 1.165) is 38.4 Å². The third kappa shape index (κ3) is 3.22. The Balaban J connectivity index is 1.68. The van der Waals surface area contributed by atoms with Gasteiger partial charge in [-0.25, -0.2) is 0 Å². The zero-order valence-corrected chi connectivity index (χ0v) is 13.1. The molecule has 1 heterocycles. The van der Waals surface area contributed by atoms with Crippen molar-refractivity contribution in [1.82, 2.24) is 10.2 Å². The number of hydrogen-bond donors (Lipinski definition) is 1. The van der Waals surface area contributed by atoms with Gasteiger partial charge in [-0.1, -0.05) is 18.2 Å². The van der Waals surface area contributed by atoms with E-state index >= 15 is 0 Å². The van der Waals surface area contributed by atoms with Crippen LogP contribution in [0.1, 0.15) is 30.4 Å². The van der Waals surface area contributed by atoms with Crippen molar-refractivity contribution < 1.29 is 18.0 Å². The number of benzene rings is 1. The lowest BCUT2D eigenvalue weighted by Gasteiger charge is -2.25. The number of amides is 1. The fourth-order valence-corrected chi connectivity index (χ4v) is 3.71. The van der Waals surface area contributed by atoms with E-state index in [1.165, 1.54) is 17.0 Å².